The van der Waals surface area contributed by atoms with Crippen LogP contribution in [0.25, 0.3) is 0 Å². The molecule has 0 bridgehead atoms. The van der Waals surface area contributed by atoms with Gasteiger partial charge >= 0.3 is 6.16 Å². The molecule has 0 aromatic carbocycles. The molecule has 0 radical (unpaired) electrons. The molecular weight excluding hydrogens is 136 g/mol. The molecule has 58 valence electrons. The zero-order chi connectivity index (χ0) is 7.61. The zero-order valence-corrected chi connectivity index (χ0v) is 6.05. The van der Waals surface area contributed by atoms with Crippen molar-refractivity contribution in [2.45, 2.75) is 12.5 Å². The van der Waals surface area contributed by atoms with Gasteiger partial charge in [0.15, 0.2) is 5.60 Å². The van der Waals surface area contributed by atoms with Crippen molar-refractivity contribution in [1.82, 2.24) is 0 Å². The molecule has 0 saturated carbocycles. The van der Waals surface area contributed by atoms with Crippen LogP contribution in [-0.4, -0.2) is 32.1 Å². The topological polar surface area (TPSA) is 44.8 Å². The minimum absolute atomic E-state index is 0.277. The smallest absolute Gasteiger partial charge is 0.430 e. The molecule has 1 unspecified atom stereocenters. The molecule has 0 spiro atoms. The summed E-state index contributed by atoms with van der Waals surface area (Å²) in [5.74, 6) is 0. The number of carbonyl (C=O) groups excluding carboxylic acids is 1. The summed E-state index contributed by atoms with van der Waals surface area (Å²) >= 11 is 0. The summed E-state index contributed by atoms with van der Waals surface area (Å²) in [7, 11) is 1.55. The van der Waals surface area contributed by atoms with Gasteiger partial charge in [0.1, 0.15) is 6.61 Å². The van der Waals surface area contributed by atoms with Gasteiger partial charge in [-0.1, -0.05) is 0 Å². The molecule has 0 aromatic heterocycles. The van der Waals surface area contributed by atoms with E-state index >= 15 is 0 Å². The Morgan fingerprint density at radius 3 is 2.90 bits per heavy atom. The maximum Gasteiger partial charge on any atom is 0.509 e. The molecule has 1 atom stereocenters. The lowest BCUT2D eigenvalue weighted by Gasteiger charge is -2.16. The number of cyclic esters (lactones) is 2. The first-order chi connectivity index (χ1) is 4.66. The van der Waals surface area contributed by atoms with Gasteiger partial charge < -0.3 is 14.2 Å². The highest BCUT2D eigenvalue weighted by atomic mass is 16.8. The molecule has 1 fully saturated rings. The van der Waals surface area contributed by atoms with E-state index in [1.54, 1.807) is 14.0 Å². The molecule has 0 amide bonds. The SMILES string of the molecule is COCC1(C)COC(=O)O1. The van der Waals surface area contributed by atoms with Gasteiger partial charge in [-0.05, 0) is 6.92 Å². The van der Waals surface area contributed by atoms with Crippen LogP contribution in [0.15, 0.2) is 0 Å². The number of carbonyl (C=O) groups is 1. The second-order valence-corrected chi connectivity index (χ2v) is 2.52. The summed E-state index contributed by atoms with van der Waals surface area (Å²) in [6.45, 7) is 2.42. The number of hydrogen-bond donors (Lipinski definition) is 0. The number of methoxy groups -OCH3 is 1. The fourth-order valence-corrected chi connectivity index (χ4v) is 0.848. The van der Waals surface area contributed by atoms with Gasteiger partial charge in [0, 0.05) is 7.11 Å². The molecule has 0 aliphatic carbocycles. The van der Waals surface area contributed by atoms with Gasteiger partial charge in [-0.25, -0.2) is 4.79 Å². The lowest BCUT2D eigenvalue weighted by atomic mass is 10.1. The fraction of sp³-hybridized carbons (Fsp3) is 0.833. The Morgan fingerprint density at radius 2 is 2.50 bits per heavy atom. The highest BCUT2D eigenvalue weighted by Gasteiger charge is 2.37. The van der Waals surface area contributed by atoms with Crippen LogP contribution >= 0.6 is 0 Å². The van der Waals surface area contributed by atoms with Crippen LogP contribution in [0.4, 0.5) is 4.79 Å². The Balaban J connectivity index is 2.46. The third kappa shape index (κ3) is 1.39. The summed E-state index contributed by atoms with van der Waals surface area (Å²) in [6, 6.07) is 0. The summed E-state index contributed by atoms with van der Waals surface area (Å²) in [5.41, 5.74) is -0.578. The number of rotatable bonds is 2. The van der Waals surface area contributed by atoms with E-state index < -0.39 is 11.8 Å². The van der Waals surface area contributed by atoms with Gasteiger partial charge in [-0.15, -0.1) is 0 Å². The van der Waals surface area contributed by atoms with Crippen molar-refractivity contribution in [3.05, 3.63) is 0 Å². The van der Waals surface area contributed by atoms with Crippen LogP contribution in [0.3, 0.4) is 0 Å². The van der Waals surface area contributed by atoms with Crippen LogP contribution in [0.1, 0.15) is 6.92 Å². The van der Waals surface area contributed by atoms with Crippen LogP contribution in [0.5, 0.6) is 0 Å². The standard InChI is InChI=1S/C6H10O4/c1-6(3-8-2)4-9-5(7)10-6/h3-4H2,1-2H3. The predicted octanol–water partition coefficient (Wildman–Crippen LogP) is 0.558. The third-order valence-corrected chi connectivity index (χ3v) is 1.27. The summed E-state index contributed by atoms with van der Waals surface area (Å²) in [6.07, 6.45) is -0.612. The number of hydrogen-bond acceptors (Lipinski definition) is 4. The van der Waals surface area contributed by atoms with Crippen molar-refractivity contribution in [2.75, 3.05) is 20.3 Å². The minimum Gasteiger partial charge on any atom is -0.430 e. The van der Waals surface area contributed by atoms with Gasteiger partial charge in [0.25, 0.3) is 0 Å². The highest BCUT2D eigenvalue weighted by molar-refractivity contribution is 5.62. The molecule has 0 aromatic rings. The van der Waals surface area contributed by atoms with Crippen LogP contribution in [0, 0.1) is 0 Å². The van der Waals surface area contributed by atoms with Crippen LogP contribution in [0.2, 0.25) is 0 Å². The van der Waals surface area contributed by atoms with E-state index in [1.807, 2.05) is 0 Å². The van der Waals surface area contributed by atoms with Crippen molar-refractivity contribution in [2.24, 2.45) is 0 Å². The quantitative estimate of drug-likeness (QED) is 0.534. The van der Waals surface area contributed by atoms with Gasteiger partial charge in [0.2, 0.25) is 0 Å². The van der Waals surface area contributed by atoms with E-state index in [0.29, 0.717) is 6.61 Å². The van der Waals surface area contributed by atoms with Gasteiger partial charge in [0.05, 0.1) is 6.61 Å². The molecule has 0 N–H and O–H groups in total. The molecule has 10 heavy (non-hydrogen) atoms. The Kier molecular flexibility index (Phi) is 1.80. The first-order valence-electron chi connectivity index (χ1n) is 3.01. The molecule has 1 aliphatic rings. The Morgan fingerprint density at radius 1 is 1.80 bits per heavy atom. The lowest BCUT2D eigenvalue weighted by molar-refractivity contribution is 0.00292. The number of ether oxygens (including phenoxy) is 3. The third-order valence-electron chi connectivity index (χ3n) is 1.27. The Hall–Kier alpha value is -0.770. The van der Waals surface area contributed by atoms with Crippen LogP contribution in [-0.2, 0) is 14.2 Å². The largest absolute Gasteiger partial charge is 0.509 e. The van der Waals surface area contributed by atoms with Crippen molar-refractivity contribution in [3.8, 4) is 0 Å². The average Bonchev–Trinajstić information content (AvgIpc) is 2.12. The van der Waals surface area contributed by atoms with E-state index in [1.165, 1.54) is 0 Å². The first-order valence-corrected chi connectivity index (χ1v) is 3.01. The average molecular weight is 146 g/mol. The van der Waals surface area contributed by atoms with Crippen molar-refractivity contribution in [3.63, 3.8) is 0 Å². The Bertz CT molecular complexity index is 145. The molecule has 4 nitrogen and oxygen atoms in total. The molecule has 1 saturated heterocycles. The minimum atomic E-state index is -0.612. The normalized spacial score (nSPS) is 31.6. The molecule has 1 rings (SSSR count). The maximum absolute atomic E-state index is 10.4. The lowest BCUT2D eigenvalue weighted by Crippen LogP contribution is -2.32. The second kappa shape index (κ2) is 2.46. The highest BCUT2D eigenvalue weighted by Crippen LogP contribution is 2.18. The van der Waals surface area contributed by atoms with E-state index in [4.69, 9.17) is 9.47 Å². The van der Waals surface area contributed by atoms with Gasteiger partial charge in [-0.3, -0.25) is 0 Å². The fourth-order valence-electron chi connectivity index (χ4n) is 0.848. The summed E-state index contributed by atoms with van der Waals surface area (Å²) in [5, 5.41) is 0. The summed E-state index contributed by atoms with van der Waals surface area (Å²) < 4.78 is 14.2. The van der Waals surface area contributed by atoms with E-state index in [2.05, 4.69) is 4.74 Å². The van der Waals surface area contributed by atoms with E-state index in [0.717, 1.165) is 0 Å². The van der Waals surface area contributed by atoms with Crippen molar-refractivity contribution < 1.29 is 19.0 Å². The molecule has 1 aliphatic heterocycles. The molecular formula is C6H10O4. The molecule has 4 heteroatoms. The van der Waals surface area contributed by atoms with Gasteiger partial charge in [-0.2, -0.15) is 0 Å². The second-order valence-electron chi connectivity index (χ2n) is 2.52. The molecule has 1 heterocycles. The summed E-state index contributed by atoms with van der Waals surface area (Å²) in [4.78, 5) is 10.4. The maximum atomic E-state index is 10.4. The zero-order valence-electron chi connectivity index (χ0n) is 6.05. The van der Waals surface area contributed by atoms with E-state index in [-0.39, 0.29) is 6.61 Å². The van der Waals surface area contributed by atoms with Crippen LogP contribution < -0.4 is 0 Å². The van der Waals surface area contributed by atoms with Crippen molar-refractivity contribution >= 4 is 6.16 Å². The predicted molar refractivity (Wildman–Crippen MR) is 32.7 cm³/mol. The first kappa shape index (κ1) is 7.34. The Labute approximate surface area is 59.1 Å². The van der Waals surface area contributed by atoms with Crippen molar-refractivity contribution in [1.29, 1.82) is 0 Å². The monoisotopic (exact) mass is 146 g/mol. The van der Waals surface area contributed by atoms with E-state index in [9.17, 15) is 4.79 Å².